The highest BCUT2D eigenvalue weighted by Gasteiger charge is 1.99. The van der Waals surface area contributed by atoms with Gasteiger partial charge in [0.15, 0.2) is 0 Å². The first-order valence-electron chi connectivity index (χ1n) is 4.87. The van der Waals surface area contributed by atoms with Crippen LogP contribution in [0, 0.1) is 0 Å². The van der Waals surface area contributed by atoms with Gasteiger partial charge >= 0.3 is 0 Å². The maximum atomic E-state index is 5.82. The van der Waals surface area contributed by atoms with Crippen molar-refractivity contribution in [1.82, 2.24) is 4.98 Å². The number of benzene rings is 1. The molecular weight excluding hydrogens is 240 g/mol. The number of halogens is 1. The van der Waals surface area contributed by atoms with Crippen LogP contribution in [0.5, 0.6) is 0 Å². The summed E-state index contributed by atoms with van der Waals surface area (Å²) >= 11 is 7.42. The van der Waals surface area contributed by atoms with Gasteiger partial charge in [-0.2, -0.15) is 0 Å². The van der Waals surface area contributed by atoms with E-state index in [2.05, 4.69) is 4.98 Å². The van der Waals surface area contributed by atoms with Crippen LogP contribution in [0.1, 0.15) is 5.69 Å². The molecule has 0 aliphatic rings. The fourth-order valence-corrected chi connectivity index (χ4v) is 2.20. The van der Waals surface area contributed by atoms with Gasteiger partial charge in [-0.3, -0.25) is 0 Å². The van der Waals surface area contributed by atoms with Gasteiger partial charge in [-0.15, -0.1) is 0 Å². The van der Waals surface area contributed by atoms with E-state index in [4.69, 9.17) is 17.3 Å². The van der Waals surface area contributed by atoms with Crippen LogP contribution in [0.15, 0.2) is 52.4 Å². The van der Waals surface area contributed by atoms with E-state index in [1.54, 1.807) is 11.8 Å². The Morgan fingerprint density at radius 2 is 1.88 bits per heavy atom. The van der Waals surface area contributed by atoms with Crippen molar-refractivity contribution in [3.63, 3.8) is 0 Å². The second kappa shape index (κ2) is 5.34. The van der Waals surface area contributed by atoms with Gasteiger partial charge in [0.2, 0.25) is 0 Å². The molecule has 0 radical (unpaired) electrons. The van der Waals surface area contributed by atoms with Gasteiger partial charge in [0, 0.05) is 16.5 Å². The highest BCUT2D eigenvalue weighted by molar-refractivity contribution is 7.99. The van der Waals surface area contributed by atoms with Crippen molar-refractivity contribution in [1.29, 1.82) is 0 Å². The van der Waals surface area contributed by atoms with E-state index in [9.17, 15) is 0 Å². The van der Waals surface area contributed by atoms with Crippen molar-refractivity contribution in [3.05, 3.63) is 53.2 Å². The number of hydrogen-bond donors (Lipinski definition) is 1. The molecule has 16 heavy (non-hydrogen) atoms. The first-order chi connectivity index (χ1) is 7.78. The monoisotopic (exact) mass is 250 g/mol. The van der Waals surface area contributed by atoms with Crippen molar-refractivity contribution >= 4 is 23.4 Å². The Hall–Kier alpha value is -1.03. The van der Waals surface area contributed by atoms with Crippen molar-refractivity contribution in [2.45, 2.75) is 16.5 Å². The molecule has 82 valence electrons. The predicted molar refractivity (Wildman–Crippen MR) is 67.7 cm³/mol. The topological polar surface area (TPSA) is 38.9 Å². The molecule has 0 aliphatic heterocycles. The zero-order valence-electron chi connectivity index (χ0n) is 8.56. The number of nitrogens with two attached hydrogens (primary N) is 1. The van der Waals surface area contributed by atoms with Crippen LogP contribution in [-0.4, -0.2) is 4.98 Å². The first kappa shape index (κ1) is 11.5. The zero-order chi connectivity index (χ0) is 11.4. The summed E-state index contributed by atoms with van der Waals surface area (Å²) in [5.41, 5.74) is 6.44. The van der Waals surface area contributed by atoms with E-state index in [1.807, 2.05) is 42.5 Å². The third-order valence-corrected chi connectivity index (χ3v) is 3.22. The average Bonchev–Trinajstić information content (AvgIpc) is 2.32. The molecule has 1 aromatic heterocycles. The molecule has 0 bridgehead atoms. The number of hydrogen-bond acceptors (Lipinski definition) is 3. The van der Waals surface area contributed by atoms with Crippen LogP contribution in [0.25, 0.3) is 0 Å². The number of aromatic nitrogens is 1. The Morgan fingerprint density at radius 1 is 1.12 bits per heavy atom. The Balaban J connectivity index is 2.16. The Morgan fingerprint density at radius 3 is 2.56 bits per heavy atom. The second-order valence-corrected chi connectivity index (χ2v) is 4.76. The maximum absolute atomic E-state index is 5.82. The fourth-order valence-electron chi connectivity index (χ4n) is 1.25. The van der Waals surface area contributed by atoms with E-state index in [-0.39, 0.29) is 0 Å². The third-order valence-electron chi connectivity index (χ3n) is 2.03. The van der Waals surface area contributed by atoms with Crippen molar-refractivity contribution < 1.29 is 0 Å². The van der Waals surface area contributed by atoms with Gasteiger partial charge in [0.1, 0.15) is 5.03 Å². The molecule has 1 heterocycles. The summed E-state index contributed by atoms with van der Waals surface area (Å²) < 4.78 is 0. The summed E-state index contributed by atoms with van der Waals surface area (Å²) in [6.45, 7) is 0.467. The van der Waals surface area contributed by atoms with Crippen LogP contribution >= 0.6 is 23.4 Å². The lowest BCUT2D eigenvalue weighted by molar-refractivity contribution is 0.942. The van der Waals surface area contributed by atoms with Crippen LogP contribution in [-0.2, 0) is 6.54 Å². The number of nitrogens with zero attached hydrogens (tertiary/aromatic N) is 1. The van der Waals surface area contributed by atoms with E-state index in [1.165, 1.54) is 0 Å². The molecule has 2 rings (SSSR count). The fraction of sp³-hybridized carbons (Fsp3) is 0.0833. The van der Waals surface area contributed by atoms with E-state index >= 15 is 0 Å². The molecule has 1 aromatic carbocycles. The Bertz CT molecular complexity index is 471. The summed E-state index contributed by atoms with van der Waals surface area (Å²) in [4.78, 5) is 5.53. The Labute approximate surface area is 104 Å². The first-order valence-corrected chi connectivity index (χ1v) is 6.07. The quantitative estimate of drug-likeness (QED) is 0.908. The molecule has 0 amide bonds. The van der Waals surface area contributed by atoms with Gasteiger partial charge < -0.3 is 5.73 Å². The summed E-state index contributed by atoms with van der Waals surface area (Å²) in [5, 5.41) is 1.69. The minimum absolute atomic E-state index is 0.467. The highest BCUT2D eigenvalue weighted by atomic mass is 35.5. The van der Waals surface area contributed by atoms with Crippen molar-refractivity contribution in [2.75, 3.05) is 0 Å². The van der Waals surface area contributed by atoms with Crippen LogP contribution in [0.4, 0.5) is 0 Å². The summed E-state index contributed by atoms with van der Waals surface area (Å²) in [6.07, 6.45) is 0. The van der Waals surface area contributed by atoms with E-state index < -0.39 is 0 Å². The van der Waals surface area contributed by atoms with Crippen molar-refractivity contribution in [3.8, 4) is 0 Å². The van der Waals surface area contributed by atoms with Gasteiger partial charge in [-0.1, -0.05) is 29.4 Å². The third kappa shape index (κ3) is 2.98. The molecule has 4 heteroatoms. The van der Waals surface area contributed by atoms with Gasteiger partial charge in [0.05, 0.1) is 5.69 Å². The van der Waals surface area contributed by atoms with Crippen LogP contribution in [0.2, 0.25) is 5.02 Å². The molecule has 0 saturated heterocycles. The van der Waals surface area contributed by atoms with E-state index in [0.29, 0.717) is 6.54 Å². The Kier molecular flexibility index (Phi) is 3.83. The van der Waals surface area contributed by atoms with Gasteiger partial charge in [0.25, 0.3) is 0 Å². The largest absolute Gasteiger partial charge is 0.325 e. The number of pyridine rings is 1. The predicted octanol–water partition coefficient (Wildman–Crippen LogP) is 3.34. The average molecular weight is 251 g/mol. The molecule has 0 atom stereocenters. The van der Waals surface area contributed by atoms with Crippen molar-refractivity contribution in [2.24, 2.45) is 5.73 Å². The number of rotatable bonds is 3. The van der Waals surface area contributed by atoms with Crippen LogP contribution < -0.4 is 5.73 Å². The van der Waals surface area contributed by atoms with Crippen LogP contribution in [0.3, 0.4) is 0 Å². The molecule has 0 aliphatic carbocycles. The normalized spacial score (nSPS) is 10.4. The minimum Gasteiger partial charge on any atom is -0.325 e. The molecule has 2 N–H and O–H groups in total. The summed E-state index contributed by atoms with van der Waals surface area (Å²) in [6, 6.07) is 13.6. The molecule has 0 spiro atoms. The SMILES string of the molecule is NCc1cccc(Sc2ccc(Cl)cc2)n1. The zero-order valence-corrected chi connectivity index (χ0v) is 10.1. The lowest BCUT2D eigenvalue weighted by Crippen LogP contribution is -1.99. The summed E-state index contributed by atoms with van der Waals surface area (Å²) in [5.74, 6) is 0. The molecular formula is C12H11ClN2S. The lowest BCUT2D eigenvalue weighted by atomic mass is 10.4. The second-order valence-electron chi connectivity index (χ2n) is 3.23. The van der Waals surface area contributed by atoms with Gasteiger partial charge in [-0.25, -0.2) is 4.98 Å². The lowest BCUT2D eigenvalue weighted by Gasteiger charge is -2.02. The van der Waals surface area contributed by atoms with Gasteiger partial charge in [-0.05, 0) is 36.4 Å². The molecule has 0 unspecified atom stereocenters. The smallest absolute Gasteiger partial charge is 0.101 e. The maximum Gasteiger partial charge on any atom is 0.101 e. The highest BCUT2D eigenvalue weighted by Crippen LogP contribution is 2.26. The molecule has 2 aromatic rings. The molecule has 2 nitrogen and oxygen atoms in total. The molecule has 0 fully saturated rings. The standard InChI is InChI=1S/C12H11ClN2S/c13-9-4-6-11(7-5-9)16-12-3-1-2-10(8-14)15-12/h1-7H,8,14H2. The molecule has 0 saturated carbocycles. The van der Waals surface area contributed by atoms with E-state index in [0.717, 1.165) is 20.6 Å². The minimum atomic E-state index is 0.467. The summed E-state index contributed by atoms with van der Waals surface area (Å²) in [7, 11) is 0.